The number of carbonyl (C=O) groups is 2. The molecule has 2 N–H and O–H groups in total. The van der Waals surface area contributed by atoms with Crippen molar-refractivity contribution in [3.63, 3.8) is 0 Å². The van der Waals surface area contributed by atoms with Crippen LogP contribution in [0.2, 0.25) is 0 Å². The number of hydrogen-bond acceptors (Lipinski definition) is 3. The third-order valence-corrected chi connectivity index (χ3v) is 3.61. The third-order valence-electron chi connectivity index (χ3n) is 3.61. The predicted molar refractivity (Wildman–Crippen MR) is 71.8 cm³/mol. The molecule has 1 heterocycles. The van der Waals surface area contributed by atoms with Crippen LogP contribution in [0.15, 0.2) is 0 Å². The highest BCUT2D eigenvalue weighted by Gasteiger charge is 2.23. The maximum Gasteiger partial charge on any atom is 0.326 e. The first kappa shape index (κ1) is 16.0. The zero-order chi connectivity index (χ0) is 14.3. The summed E-state index contributed by atoms with van der Waals surface area (Å²) in [5.41, 5.74) is 0. The first-order valence-corrected chi connectivity index (χ1v) is 7.10. The quantitative estimate of drug-likeness (QED) is 0.740. The number of aliphatic carboxylic acids is 1. The molecule has 0 unspecified atom stereocenters. The van der Waals surface area contributed by atoms with Gasteiger partial charge in [0.2, 0.25) is 5.91 Å². The van der Waals surface area contributed by atoms with Gasteiger partial charge in [-0.3, -0.25) is 4.79 Å². The lowest BCUT2D eigenvalue weighted by atomic mass is 9.94. The molecule has 1 aliphatic rings. The van der Waals surface area contributed by atoms with Crippen LogP contribution in [0.5, 0.6) is 0 Å². The van der Waals surface area contributed by atoms with Gasteiger partial charge < -0.3 is 15.2 Å². The molecule has 0 aromatic heterocycles. The van der Waals surface area contributed by atoms with Crippen molar-refractivity contribution in [1.29, 1.82) is 0 Å². The fraction of sp³-hybridized carbons (Fsp3) is 0.857. The van der Waals surface area contributed by atoms with Crippen LogP contribution in [0.25, 0.3) is 0 Å². The summed E-state index contributed by atoms with van der Waals surface area (Å²) in [4.78, 5) is 22.7. The number of ether oxygens (including phenoxy) is 1. The Bertz CT molecular complexity index is 298. The van der Waals surface area contributed by atoms with E-state index in [0.717, 1.165) is 38.9 Å². The van der Waals surface area contributed by atoms with E-state index >= 15 is 0 Å². The number of rotatable bonds is 7. The fourth-order valence-electron chi connectivity index (χ4n) is 2.35. The molecule has 5 nitrogen and oxygen atoms in total. The van der Waals surface area contributed by atoms with Gasteiger partial charge >= 0.3 is 5.97 Å². The normalized spacial score (nSPS) is 18.3. The van der Waals surface area contributed by atoms with Gasteiger partial charge in [0.1, 0.15) is 6.04 Å². The molecular formula is C14H25NO4. The topological polar surface area (TPSA) is 75.6 Å². The molecule has 1 amide bonds. The Morgan fingerprint density at radius 3 is 2.47 bits per heavy atom. The fourth-order valence-corrected chi connectivity index (χ4v) is 2.35. The van der Waals surface area contributed by atoms with Gasteiger partial charge in [-0.05, 0) is 37.5 Å². The van der Waals surface area contributed by atoms with Crippen molar-refractivity contribution in [3.8, 4) is 0 Å². The molecule has 19 heavy (non-hydrogen) atoms. The Hall–Kier alpha value is -1.10. The Morgan fingerprint density at radius 1 is 1.32 bits per heavy atom. The van der Waals surface area contributed by atoms with Crippen LogP contribution in [0.3, 0.4) is 0 Å². The highest BCUT2D eigenvalue weighted by atomic mass is 16.5. The molecule has 0 radical (unpaired) electrons. The molecule has 0 aromatic carbocycles. The molecule has 1 atom stereocenters. The summed E-state index contributed by atoms with van der Waals surface area (Å²) in [6.07, 6.45) is 4.40. The van der Waals surface area contributed by atoms with Crippen LogP contribution in [0, 0.1) is 11.8 Å². The number of nitrogens with one attached hydrogen (secondary N) is 1. The van der Waals surface area contributed by atoms with Crippen LogP contribution < -0.4 is 5.32 Å². The van der Waals surface area contributed by atoms with E-state index in [0.29, 0.717) is 12.3 Å². The summed E-state index contributed by atoms with van der Waals surface area (Å²) in [5.74, 6) is -0.570. The van der Waals surface area contributed by atoms with Crippen molar-refractivity contribution < 1.29 is 19.4 Å². The summed E-state index contributed by atoms with van der Waals surface area (Å²) >= 11 is 0. The van der Waals surface area contributed by atoms with Crippen LogP contribution in [-0.2, 0) is 14.3 Å². The number of amides is 1. The van der Waals surface area contributed by atoms with E-state index in [4.69, 9.17) is 9.84 Å². The second-order valence-electron chi connectivity index (χ2n) is 5.58. The Morgan fingerprint density at radius 2 is 1.95 bits per heavy atom. The van der Waals surface area contributed by atoms with E-state index in [9.17, 15) is 9.59 Å². The molecule has 1 rings (SSSR count). The van der Waals surface area contributed by atoms with Crippen molar-refractivity contribution >= 4 is 11.9 Å². The van der Waals surface area contributed by atoms with E-state index in [2.05, 4.69) is 5.32 Å². The lowest BCUT2D eigenvalue weighted by Crippen LogP contribution is -2.44. The molecule has 0 spiro atoms. The van der Waals surface area contributed by atoms with Crippen LogP contribution in [-0.4, -0.2) is 36.2 Å². The average molecular weight is 271 g/mol. The Labute approximate surface area is 114 Å². The maximum atomic E-state index is 11.7. The lowest BCUT2D eigenvalue weighted by molar-refractivity contribution is -0.143. The van der Waals surface area contributed by atoms with Crippen molar-refractivity contribution in [2.75, 3.05) is 13.2 Å². The minimum atomic E-state index is -0.965. The van der Waals surface area contributed by atoms with Gasteiger partial charge in [0, 0.05) is 19.6 Å². The van der Waals surface area contributed by atoms with Crippen molar-refractivity contribution in [1.82, 2.24) is 5.32 Å². The smallest absolute Gasteiger partial charge is 0.326 e. The molecule has 1 fully saturated rings. The monoisotopic (exact) mass is 271 g/mol. The third kappa shape index (κ3) is 6.05. The molecule has 5 heteroatoms. The van der Waals surface area contributed by atoms with Gasteiger partial charge in [0.15, 0.2) is 0 Å². The molecule has 110 valence electrons. The molecular weight excluding hydrogens is 246 g/mol. The first-order chi connectivity index (χ1) is 9.00. The maximum absolute atomic E-state index is 11.7. The van der Waals surface area contributed by atoms with Gasteiger partial charge in [0.25, 0.3) is 0 Å². The summed E-state index contributed by atoms with van der Waals surface area (Å²) in [5, 5.41) is 11.6. The largest absolute Gasteiger partial charge is 0.480 e. The highest BCUT2D eigenvalue weighted by Crippen LogP contribution is 2.20. The summed E-state index contributed by atoms with van der Waals surface area (Å²) < 4.78 is 5.29. The highest BCUT2D eigenvalue weighted by molar-refractivity contribution is 5.83. The van der Waals surface area contributed by atoms with E-state index in [1.165, 1.54) is 0 Å². The van der Waals surface area contributed by atoms with Gasteiger partial charge in [-0.15, -0.1) is 0 Å². The zero-order valence-electron chi connectivity index (χ0n) is 11.9. The molecule has 0 aromatic rings. The summed E-state index contributed by atoms with van der Waals surface area (Å²) in [6.45, 7) is 5.23. The Kier molecular flexibility index (Phi) is 6.84. The van der Waals surface area contributed by atoms with Crippen LogP contribution in [0.1, 0.15) is 46.0 Å². The van der Waals surface area contributed by atoms with E-state index in [-0.39, 0.29) is 11.8 Å². The number of carbonyl (C=O) groups excluding carboxylic acids is 1. The molecule has 0 bridgehead atoms. The van der Waals surface area contributed by atoms with Gasteiger partial charge in [-0.25, -0.2) is 4.79 Å². The minimum Gasteiger partial charge on any atom is -0.480 e. The van der Waals surface area contributed by atoms with Crippen molar-refractivity contribution in [2.24, 2.45) is 11.8 Å². The molecule has 1 saturated heterocycles. The average Bonchev–Trinajstić information content (AvgIpc) is 2.36. The van der Waals surface area contributed by atoms with E-state index in [1.807, 2.05) is 0 Å². The molecule has 0 aliphatic carbocycles. The van der Waals surface area contributed by atoms with Crippen LogP contribution >= 0.6 is 0 Å². The van der Waals surface area contributed by atoms with Gasteiger partial charge in [-0.1, -0.05) is 13.8 Å². The Balaban J connectivity index is 2.21. The number of hydrogen-bond donors (Lipinski definition) is 2. The SMILES string of the molecule is CC(C)[C@@H](NC(=O)CCCC1CCOCC1)C(=O)O. The summed E-state index contributed by atoms with van der Waals surface area (Å²) in [6, 6.07) is -0.782. The van der Waals surface area contributed by atoms with E-state index in [1.54, 1.807) is 13.8 Å². The zero-order valence-corrected chi connectivity index (χ0v) is 11.9. The van der Waals surface area contributed by atoms with E-state index < -0.39 is 12.0 Å². The van der Waals surface area contributed by atoms with Crippen molar-refractivity contribution in [2.45, 2.75) is 52.0 Å². The first-order valence-electron chi connectivity index (χ1n) is 7.10. The predicted octanol–water partition coefficient (Wildman–Crippen LogP) is 1.81. The lowest BCUT2D eigenvalue weighted by Gasteiger charge is -2.22. The molecule has 0 saturated carbocycles. The van der Waals surface area contributed by atoms with Crippen LogP contribution in [0.4, 0.5) is 0 Å². The van der Waals surface area contributed by atoms with Gasteiger partial charge in [-0.2, -0.15) is 0 Å². The van der Waals surface area contributed by atoms with Gasteiger partial charge in [0.05, 0.1) is 0 Å². The summed E-state index contributed by atoms with van der Waals surface area (Å²) in [7, 11) is 0. The second-order valence-corrected chi connectivity index (χ2v) is 5.58. The van der Waals surface area contributed by atoms with Crippen molar-refractivity contribution in [3.05, 3.63) is 0 Å². The second kappa shape index (κ2) is 8.15. The minimum absolute atomic E-state index is 0.100. The number of carboxylic acids is 1. The number of carboxylic acid groups (broad SMARTS) is 1. The standard InChI is InChI=1S/C14H25NO4/c1-10(2)13(14(17)18)15-12(16)5-3-4-11-6-8-19-9-7-11/h10-11,13H,3-9H2,1-2H3,(H,15,16)(H,17,18)/t13-/m1/s1. The molecule has 1 aliphatic heterocycles.